The van der Waals surface area contributed by atoms with E-state index in [0.717, 1.165) is 27.6 Å². The zero-order valence-corrected chi connectivity index (χ0v) is 8.38. The van der Waals surface area contributed by atoms with Gasteiger partial charge in [0.05, 0.1) is 11.7 Å². The zero-order valence-electron chi connectivity index (χ0n) is 8.38. The number of para-hydroxylation sites is 1. The topological polar surface area (TPSA) is 46.0 Å². The molecular weight excluding hydrogens is 200 g/mol. The maximum Gasteiger partial charge on any atom is 0.154 e. The van der Waals surface area contributed by atoms with Crippen LogP contribution in [0.5, 0.6) is 0 Å². The Balaban J connectivity index is 2.41. The van der Waals surface area contributed by atoms with Crippen LogP contribution in [0.3, 0.4) is 0 Å². The average molecular weight is 208 g/mol. The quantitative estimate of drug-likeness (QED) is 0.482. The molecule has 76 valence electrons. The number of fused-ring (bicyclic) bond motifs is 5. The van der Waals surface area contributed by atoms with Crippen molar-refractivity contribution in [3.63, 3.8) is 0 Å². The largest absolute Gasteiger partial charge is 0.299 e. The van der Waals surface area contributed by atoms with E-state index in [1.165, 1.54) is 0 Å². The van der Waals surface area contributed by atoms with Crippen molar-refractivity contribution in [2.24, 2.45) is 0 Å². The maximum atomic E-state index is 4.49. The number of imidazole rings is 1. The molecule has 4 nitrogen and oxygen atoms in total. The molecule has 0 radical (unpaired) electrons. The SMILES string of the molecule is c1ccc2c(c1)ncc1nc3cc[nH]n3c12. The van der Waals surface area contributed by atoms with E-state index in [1.54, 1.807) is 0 Å². The molecule has 16 heavy (non-hydrogen) atoms. The third kappa shape index (κ3) is 0.839. The predicted octanol–water partition coefficient (Wildman–Crippen LogP) is 2.36. The number of nitrogens with one attached hydrogen (secondary N) is 1. The number of benzene rings is 1. The van der Waals surface area contributed by atoms with Gasteiger partial charge in [-0.05, 0) is 6.07 Å². The molecule has 0 aliphatic carbocycles. The summed E-state index contributed by atoms with van der Waals surface area (Å²) < 4.78 is 1.99. The lowest BCUT2D eigenvalue weighted by Crippen LogP contribution is -1.85. The van der Waals surface area contributed by atoms with E-state index in [-0.39, 0.29) is 0 Å². The molecule has 0 atom stereocenters. The zero-order chi connectivity index (χ0) is 10.5. The van der Waals surface area contributed by atoms with Crippen LogP contribution < -0.4 is 0 Å². The highest BCUT2D eigenvalue weighted by molar-refractivity contribution is 6.03. The minimum Gasteiger partial charge on any atom is -0.299 e. The van der Waals surface area contributed by atoms with Crippen LogP contribution in [0.25, 0.3) is 27.6 Å². The van der Waals surface area contributed by atoms with Crippen molar-refractivity contribution < 1.29 is 0 Å². The number of nitrogens with zero attached hydrogens (tertiary/aromatic N) is 3. The third-order valence-corrected chi connectivity index (χ3v) is 2.85. The molecule has 0 aliphatic rings. The van der Waals surface area contributed by atoms with Gasteiger partial charge in [-0.1, -0.05) is 18.2 Å². The summed E-state index contributed by atoms with van der Waals surface area (Å²) in [4.78, 5) is 8.89. The second-order valence-corrected chi connectivity index (χ2v) is 3.78. The van der Waals surface area contributed by atoms with E-state index in [1.807, 2.05) is 41.2 Å². The lowest BCUT2D eigenvalue weighted by molar-refractivity contribution is 1.01. The first-order valence-electron chi connectivity index (χ1n) is 5.13. The Morgan fingerprint density at radius 1 is 1.06 bits per heavy atom. The van der Waals surface area contributed by atoms with Crippen molar-refractivity contribution in [3.8, 4) is 0 Å². The van der Waals surface area contributed by atoms with Gasteiger partial charge >= 0.3 is 0 Å². The lowest BCUT2D eigenvalue weighted by Gasteiger charge is -1.98. The molecule has 0 bridgehead atoms. The Bertz CT molecular complexity index is 809. The van der Waals surface area contributed by atoms with Crippen LogP contribution in [-0.4, -0.2) is 19.6 Å². The first kappa shape index (κ1) is 7.87. The van der Waals surface area contributed by atoms with E-state index in [0.29, 0.717) is 0 Å². The molecule has 4 heteroatoms. The van der Waals surface area contributed by atoms with Crippen molar-refractivity contribution >= 4 is 27.6 Å². The van der Waals surface area contributed by atoms with Gasteiger partial charge in [-0.2, -0.15) is 0 Å². The highest BCUT2D eigenvalue weighted by Gasteiger charge is 2.08. The predicted molar refractivity (Wildman–Crippen MR) is 62.3 cm³/mol. The van der Waals surface area contributed by atoms with Gasteiger partial charge in [0.25, 0.3) is 0 Å². The summed E-state index contributed by atoms with van der Waals surface area (Å²) in [6.45, 7) is 0. The van der Waals surface area contributed by atoms with Crippen molar-refractivity contribution in [1.82, 2.24) is 19.6 Å². The molecule has 3 heterocycles. The van der Waals surface area contributed by atoms with Gasteiger partial charge < -0.3 is 0 Å². The van der Waals surface area contributed by atoms with E-state index >= 15 is 0 Å². The molecule has 1 N–H and O–H groups in total. The molecular formula is C12H8N4. The van der Waals surface area contributed by atoms with Crippen LogP contribution in [0.15, 0.2) is 42.7 Å². The summed E-state index contributed by atoms with van der Waals surface area (Å²) in [5.41, 5.74) is 3.93. The number of hydrogen-bond donors (Lipinski definition) is 1. The summed E-state index contributed by atoms with van der Waals surface area (Å²) in [6, 6.07) is 10.0. The fourth-order valence-corrected chi connectivity index (χ4v) is 2.15. The molecule has 0 saturated carbocycles. The van der Waals surface area contributed by atoms with Crippen LogP contribution in [0.1, 0.15) is 0 Å². The van der Waals surface area contributed by atoms with Crippen LogP contribution in [-0.2, 0) is 0 Å². The first-order valence-corrected chi connectivity index (χ1v) is 5.13. The normalized spacial score (nSPS) is 11.8. The Hall–Kier alpha value is -2.36. The number of pyridine rings is 1. The highest BCUT2D eigenvalue weighted by atomic mass is 15.3. The van der Waals surface area contributed by atoms with Gasteiger partial charge in [0.1, 0.15) is 11.0 Å². The van der Waals surface area contributed by atoms with Crippen molar-refractivity contribution in [1.29, 1.82) is 0 Å². The van der Waals surface area contributed by atoms with Crippen molar-refractivity contribution in [3.05, 3.63) is 42.7 Å². The smallest absolute Gasteiger partial charge is 0.154 e. The van der Waals surface area contributed by atoms with Gasteiger partial charge in [0, 0.05) is 17.6 Å². The molecule has 0 aliphatic heterocycles. The van der Waals surface area contributed by atoms with E-state index in [2.05, 4.69) is 21.1 Å². The van der Waals surface area contributed by atoms with Crippen LogP contribution in [0.4, 0.5) is 0 Å². The number of rotatable bonds is 0. The lowest BCUT2D eigenvalue weighted by atomic mass is 10.2. The first-order chi connectivity index (χ1) is 7.93. The van der Waals surface area contributed by atoms with Gasteiger partial charge in [-0.15, -0.1) is 0 Å². The van der Waals surface area contributed by atoms with Gasteiger partial charge in [-0.3, -0.25) is 10.1 Å². The molecule has 0 spiro atoms. The fraction of sp³-hybridized carbons (Fsp3) is 0. The van der Waals surface area contributed by atoms with Gasteiger partial charge in [0.2, 0.25) is 0 Å². The second kappa shape index (κ2) is 2.61. The van der Waals surface area contributed by atoms with Crippen molar-refractivity contribution in [2.75, 3.05) is 0 Å². The molecule has 1 aromatic carbocycles. The van der Waals surface area contributed by atoms with Crippen LogP contribution in [0.2, 0.25) is 0 Å². The Kier molecular flexibility index (Phi) is 1.28. The second-order valence-electron chi connectivity index (χ2n) is 3.78. The minimum absolute atomic E-state index is 0.922. The Morgan fingerprint density at radius 3 is 3.00 bits per heavy atom. The van der Waals surface area contributed by atoms with Gasteiger partial charge in [-0.25, -0.2) is 9.50 Å². The number of aromatic nitrogens is 4. The van der Waals surface area contributed by atoms with E-state index in [9.17, 15) is 0 Å². The molecule has 0 amide bonds. The average Bonchev–Trinajstić information content (AvgIpc) is 2.88. The molecule has 0 unspecified atom stereocenters. The summed E-state index contributed by atoms with van der Waals surface area (Å²) in [7, 11) is 0. The summed E-state index contributed by atoms with van der Waals surface area (Å²) in [5, 5.41) is 4.28. The highest BCUT2D eigenvalue weighted by Crippen LogP contribution is 2.23. The molecule has 4 rings (SSSR count). The summed E-state index contributed by atoms with van der Waals surface area (Å²) in [6.07, 6.45) is 3.70. The van der Waals surface area contributed by atoms with Crippen molar-refractivity contribution in [2.45, 2.75) is 0 Å². The summed E-state index contributed by atoms with van der Waals surface area (Å²) in [5.74, 6) is 0. The molecule has 0 saturated heterocycles. The van der Waals surface area contributed by atoms with Crippen LogP contribution >= 0.6 is 0 Å². The molecule has 0 fully saturated rings. The van der Waals surface area contributed by atoms with Gasteiger partial charge in [0.15, 0.2) is 5.65 Å². The molecule has 3 aromatic heterocycles. The summed E-state index contributed by atoms with van der Waals surface area (Å²) >= 11 is 0. The Labute approximate surface area is 90.5 Å². The third-order valence-electron chi connectivity index (χ3n) is 2.85. The minimum atomic E-state index is 0.922. The maximum absolute atomic E-state index is 4.49. The standard InChI is InChI=1S/C12H8N4/c1-2-4-9-8(3-1)12-10(7-13-9)15-11-5-6-14-16(11)12/h1-7,14H. The van der Waals surface area contributed by atoms with E-state index in [4.69, 9.17) is 0 Å². The number of H-pyrrole nitrogens is 1. The number of aromatic amines is 1. The Morgan fingerprint density at radius 2 is 2.00 bits per heavy atom. The van der Waals surface area contributed by atoms with E-state index < -0.39 is 0 Å². The number of hydrogen-bond acceptors (Lipinski definition) is 2. The van der Waals surface area contributed by atoms with Crippen LogP contribution in [0, 0.1) is 0 Å². The monoisotopic (exact) mass is 208 g/mol. The fourth-order valence-electron chi connectivity index (χ4n) is 2.15. The molecule has 4 aromatic rings.